The standard InChI is InChI=1S/C16H22N4O2S/c1-3-8-19-10-13-6-5-7-16(15(13)12-19)18-23(21,22)14-9-17-20(4-2)11-14/h5-7,9,11,18H,3-4,8,10,12H2,1-2H3. The summed E-state index contributed by atoms with van der Waals surface area (Å²) in [7, 11) is -3.61. The summed E-state index contributed by atoms with van der Waals surface area (Å²) in [6.07, 6.45) is 4.03. The van der Waals surface area contributed by atoms with Crippen molar-refractivity contribution in [1.82, 2.24) is 14.7 Å². The molecule has 0 fully saturated rings. The molecule has 0 bridgehead atoms. The Hall–Kier alpha value is -1.86. The molecule has 1 aromatic carbocycles. The Labute approximate surface area is 137 Å². The highest BCUT2D eigenvalue weighted by Crippen LogP contribution is 2.30. The Bertz CT molecular complexity index is 798. The molecule has 7 heteroatoms. The summed E-state index contributed by atoms with van der Waals surface area (Å²) < 4.78 is 29.5. The number of sulfonamides is 1. The van der Waals surface area contributed by atoms with E-state index in [0.717, 1.165) is 31.6 Å². The minimum Gasteiger partial charge on any atom is -0.295 e. The second-order valence-electron chi connectivity index (χ2n) is 5.79. The van der Waals surface area contributed by atoms with Gasteiger partial charge in [-0.3, -0.25) is 14.3 Å². The van der Waals surface area contributed by atoms with Crippen LogP contribution in [0.2, 0.25) is 0 Å². The van der Waals surface area contributed by atoms with Gasteiger partial charge in [-0.25, -0.2) is 8.42 Å². The molecular formula is C16H22N4O2S. The molecule has 0 amide bonds. The normalized spacial score (nSPS) is 14.9. The van der Waals surface area contributed by atoms with Crippen LogP contribution in [0.3, 0.4) is 0 Å². The van der Waals surface area contributed by atoms with Crippen LogP contribution in [0.4, 0.5) is 5.69 Å². The lowest BCUT2D eigenvalue weighted by Gasteiger charge is -2.13. The van der Waals surface area contributed by atoms with E-state index in [1.54, 1.807) is 10.9 Å². The van der Waals surface area contributed by atoms with E-state index in [0.29, 0.717) is 12.2 Å². The first-order valence-electron chi connectivity index (χ1n) is 7.92. The van der Waals surface area contributed by atoms with E-state index in [1.165, 1.54) is 11.8 Å². The number of aromatic nitrogens is 2. The van der Waals surface area contributed by atoms with Gasteiger partial charge in [0.15, 0.2) is 0 Å². The fraction of sp³-hybridized carbons (Fsp3) is 0.438. The number of aryl methyl sites for hydroxylation is 1. The number of nitrogens with one attached hydrogen (secondary N) is 1. The largest absolute Gasteiger partial charge is 0.295 e. The molecule has 124 valence electrons. The van der Waals surface area contributed by atoms with Crippen LogP contribution in [0.1, 0.15) is 31.4 Å². The third-order valence-electron chi connectivity index (χ3n) is 4.08. The number of anilines is 1. The van der Waals surface area contributed by atoms with E-state index in [9.17, 15) is 8.42 Å². The van der Waals surface area contributed by atoms with Gasteiger partial charge in [0.1, 0.15) is 4.90 Å². The molecule has 6 nitrogen and oxygen atoms in total. The zero-order valence-electron chi connectivity index (χ0n) is 13.5. The van der Waals surface area contributed by atoms with Crippen molar-refractivity contribution < 1.29 is 8.42 Å². The number of hydrogen-bond donors (Lipinski definition) is 1. The first-order chi connectivity index (χ1) is 11.0. The SMILES string of the molecule is CCCN1Cc2cccc(NS(=O)(=O)c3cnn(CC)c3)c2C1. The minimum atomic E-state index is -3.61. The van der Waals surface area contributed by atoms with Crippen LogP contribution < -0.4 is 4.72 Å². The Morgan fingerprint density at radius 2 is 2.09 bits per heavy atom. The van der Waals surface area contributed by atoms with Gasteiger partial charge in [0.2, 0.25) is 0 Å². The monoisotopic (exact) mass is 334 g/mol. The topological polar surface area (TPSA) is 67.2 Å². The Balaban J connectivity index is 1.86. The van der Waals surface area contributed by atoms with Crippen molar-refractivity contribution in [2.75, 3.05) is 11.3 Å². The van der Waals surface area contributed by atoms with Crippen molar-refractivity contribution in [3.05, 3.63) is 41.7 Å². The smallest absolute Gasteiger partial charge is 0.265 e. The van der Waals surface area contributed by atoms with Gasteiger partial charge in [-0.05, 0) is 37.1 Å². The summed E-state index contributed by atoms with van der Waals surface area (Å²) in [6.45, 7) is 7.40. The maximum atomic E-state index is 12.6. The molecule has 0 unspecified atom stereocenters. The first kappa shape index (κ1) is 16.0. The Morgan fingerprint density at radius 1 is 1.26 bits per heavy atom. The lowest BCUT2D eigenvalue weighted by molar-refractivity contribution is 0.285. The van der Waals surface area contributed by atoms with E-state index >= 15 is 0 Å². The average Bonchev–Trinajstić information content (AvgIpc) is 3.14. The number of benzene rings is 1. The van der Waals surface area contributed by atoms with Crippen LogP contribution in [0.25, 0.3) is 0 Å². The highest BCUT2D eigenvalue weighted by Gasteiger charge is 2.24. The first-order valence-corrected chi connectivity index (χ1v) is 9.40. The van der Waals surface area contributed by atoms with Gasteiger partial charge in [0.25, 0.3) is 10.0 Å². The van der Waals surface area contributed by atoms with Crippen LogP contribution in [-0.4, -0.2) is 29.6 Å². The molecule has 1 aliphatic rings. The maximum absolute atomic E-state index is 12.6. The van der Waals surface area contributed by atoms with Crippen molar-refractivity contribution >= 4 is 15.7 Å². The van der Waals surface area contributed by atoms with E-state index in [-0.39, 0.29) is 4.90 Å². The molecule has 3 rings (SSSR count). The van der Waals surface area contributed by atoms with E-state index in [2.05, 4.69) is 27.7 Å². The van der Waals surface area contributed by atoms with Crippen LogP contribution in [0.5, 0.6) is 0 Å². The molecule has 23 heavy (non-hydrogen) atoms. The molecule has 0 atom stereocenters. The summed E-state index contributed by atoms with van der Waals surface area (Å²) in [5.41, 5.74) is 2.95. The summed E-state index contributed by atoms with van der Waals surface area (Å²) in [5, 5.41) is 4.04. The van der Waals surface area contributed by atoms with Crippen molar-refractivity contribution in [3.63, 3.8) is 0 Å². The quantitative estimate of drug-likeness (QED) is 0.881. The molecule has 1 aromatic heterocycles. The summed E-state index contributed by atoms with van der Waals surface area (Å²) in [6, 6.07) is 5.80. The fourth-order valence-corrected chi connectivity index (χ4v) is 3.96. The van der Waals surface area contributed by atoms with Crippen LogP contribution in [0.15, 0.2) is 35.5 Å². The molecule has 0 radical (unpaired) electrons. The van der Waals surface area contributed by atoms with E-state index in [4.69, 9.17) is 0 Å². The lowest BCUT2D eigenvalue weighted by Crippen LogP contribution is -2.17. The average molecular weight is 334 g/mol. The van der Waals surface area contributed by atoms with Gasteiger partial charge in [0, 0.05) is 25.8 Å². The fourth-order valence-electron chi connectivity index (χ4n) is 2.92. The van der Waals surface area contributed by atoms with Gasteiger partial charge in [-0.2, -0.15) is 5.10 Å². The predicted molar refractivity (Wildman–Crippen MR) is 89.6 cm³/mol. The number of fused-ring (bicyclic) bond motifs is 1. The Morgan fingerprint density at radius 3 is 2.78 bits per heavy atom. The zero-order valence-corrected chi connectivity index (χ0v) is 14.3. The summed E-state index contributed by atoms with van der Waals surface area (Å²) >= 11 is 0. The molecule has 0 aliphatic carbocycles. The van der Waals surface area contributed by atoms with Crippen molar-refractivity contribution in [2.24, 2.45) is 0 Å². The number of nitrogens with zero attached hydrogens (tertiary/aromatic N) is 3. The van der Waals surface area contributed by atoms with E-state index in [1.807, 2.05) is 19.1 Å². The zero-order chi connectivity index (χ0) is 16.4. The maximum Gasteiger partial charge on any atom is 0.265 e. The van der Waals surface area contributed by atoms with Gasteiger partial charge in [0.05, 0.1) is 11.9 Å². The molecule has 0 saturated carbocycles. The van der Waals surface area contributed by atoms with Gasteiger partial charge in [-0.15, -0.1) is 0 Å². The van der Waals surface area contributed by atoms with Gasteiger partial charge < -0.3 is 0 Å². The highest BCUT2D eigenvalue weighted by molar-refractivity contribution is 7.92. The van der Waals surface area contributed by atoms with Crippen molar-refractivity contribution in [1.29, 1.82) is 0 Å². The lowest BCUT2D eigenvalue weighted by atomic mass is 10.1. The third kappa shape index (κ3) is 3.25. The highest BCUT2D eigenvalue weighted by atomic mass is 32.2. The molecule has 2 heterocycles. The molecule has 1 N–H and O–H groups in total. The van der Waals surface area contributed by atoms with Crippen LogP contribution in [-0.2, 0) is 29.7 Å². The number of rotatable bonds is 6. The molecule has 1 aliphatic heterocycles. The Kier molecular flexibility index (Phi) is 4.41. The summed E-state index contributed by atoms with van der Waals surface area (Å²) in [4.78, 5) is 2.53. The molecular weight excluding hydrogens is 312 g/mol. The van der Waals surface area contributed by atoms with Crippen molar-refractivity contribution in [2.45, 2.75) is 44.8 Å². The van der Waals surface area contributed by atoms with Crippen LogP contribution in [0, 0.1) is 0 Å². The molecule has 0 saturated heterocycles. The number of hydrogen-bond acceptors (Lipinski definition) is 4. The molecule has 2 aromatic rings. The van der Waals surface area contributed by atoms with E-state index < -0.39 is 10.0 Å². The minimum absolute atomic E-state index is 0.195. The second kappa shape index (κ2) is 6.33. The van der Waals surface area contributed by atoms with Crippen molar-refractivity contribution in [3.8, 4) is 0 Å². The summed E-state index contributed by atoms with van der Waals surface area (Å²) in [5.74, 6) is 0. The van der Waals surface area contributed by atoms with Gasteiger partial charge >= 0.3 is 0 Å². The van der Waals surface area contributed by atoms with Gasteiger partial charge in [-0.1, -0.05) is 19.1 Å². The molecule has 0 spiro atoms. The van der Waals surface area contributed by atoms with Crippen LogP contribution >= 0.6 is 0 Å². The third-order valence-corrected chi connectivity index (χ3v) is 5.40. The second-order valence-corrected chi connectivity index (χ2v) is 7.47. The predicted octanol–water partition coefficient (Wildman–Crippen LogP) is 2.43.